The molecule has 0 saturated carbocycles. The van der Waals surface area contributed by atoms with E-state index in [1.54, 1.807) is 0 Å². The van der Waals surface area contributed by atoms with Crippen molar-refractivity contribution in [2.45, 2.75) is 20.3 Å². The number of nitrogens with zero attached hydrogens (tertiary/aromatic N) is 1. The fourth-order valence-corrected chi connectivity index (χ4v) is 2.83. The first kappa shape index (κ1) is 14.3. The van der Waals surface area contributed by atoms with E-state index >= 15 is 0 Å². The number of rotatable bonds is 1. The maximum Gasteiger partial charge on any atom is 0.255 e. The summed E-state index contributed by atoms with van der Waals surface area (Å²) in [4.78, 5) is 14.3. The number of nitrogen functional groups attached to an aromatic ring is 1. The van der Waals surface area contributed by atoms with Crippen LogP contribution in [0.3, 0.4) is 0 Å². The van der Waals surface area contributed by atoms with E-state index in [1.165, 1.54) is 12.1 Å². The summed E-state index contributed by atoms with van der Waals surface area (Å²) in [5.74, 6) is 0.515. The Morgan fingerprint density at radius 1 is 1.42 bits per heavy atom. The zero-order chi connectivity index (χ0) is 14.2. The van der Waals surface area contributed by atoms with Crippen molar-refractivity contribution in [3.63, 3.8) is 0 Å². The number of piperidine rings is 1. The third-order valence-corrected chi connectivity index (χ3v) is 4.59. The average Bonchev–Trinajstić information content (AvgIpc) is 2.36. The molecule has 1 heterocycles. The molecule has 0 aliphatic carbocycles. The van der Waals surface area contributed by atoms with Gasteiger partial charge in [0.15, 0.2) is 0 Å². The van der Waals surface area contributed by atoms with E-state index in [4.69, 9.17) is 5.73 Å². The van der Waals surface area contributed by atoms with Crippen molar-refractivity contribution in [3.8, 4) is 0 Å². The summed E-state index contributed by atoms with van der Waals surface area (Å²) in [5, 5.41) is 0. The molecule has 104 valence electrons. The van der Waals surface area contributed by atoms with Gasteiger partial charge in [0.2, 0.25) is 0 Å². The average molecular weight is 329 g/mol. The smallest absolute Gasteiger partial charge is 0.255 e. The lowest BCUT2D eigenvalue weighted by molar-refractivity contribution is 0.0626. The Kier molecular flexibility index (Phi) is 4.13. The number of amides is 1. The molecule has 1 aliphatic rings. The van der Waals surface area contributed by atoms with Crippen molar-refractivity contribution in [3.05, 3.63) is 28.0 Å². The second kappa shape index (κ2) is 5.49. The lowest BCUT2D eigenvalue weighted by Gasteiger charge is -2.35. The number of carbonyl (C=O) groups excluding carboxylic acids is 1. The van der Waals surface area contributed by atoms with Crippen molar-refractivity contribution in [2.75, 3.05) is 18.8 Å². The highest BCUT2D eigenvalue weighted by Crippen LogP contribution is 2.27. The minimum atomic E-state index is -0.510. The molecule has 1 saturated heterocycles. The molecule has 0 aromatic heterocycles. The lowest BCUT2D eigenvalue weighted by Crippen LogP contribution is -2.42. The van der Waals surface area contributed by atoms with Crippen LogP contribution < -0.4 is 5.73 Å². The normalized spacial score (nSPS) is 23.5. The number of halogens is 2. The Labute approximate surface area is 121 Å². The number of anilines is 1. The van der Waals surface area contributed by atoms with Crippen LogP contribution in [0.2, 0.25) is 0 Å². The molecule has 1 aromatic carbocycles. The minimum Gasteiger partial charge on any atom is -0.396 e. The maximum absolute atomic E-state index is 13.3. The highest BCUT2D eigenvalue weighted by Gasteiger charge is 2.27. The third kappa shape index (κ3) is 2.91. The SMILES string of the molecule is CC1CCN(C(=O)c2cc(N)c(F)cc2Br)CC1C. The van der Waals surface area contributed by atoms with Gasteiger partial charge in [-0.3, -0.25) is 4.79 Å². The van der Waals surface area contributed by atoms with Gasteiger partial charge in [0.05, 0.1) is 11.3 Å². The third-order valence-electron chi connectivity index (χ3n) is 3.94. The number of benzene rings is 1. The predicted molar refractivity (Wildman–Crippen MR) is 77.4 cm³/mol. The molecule has 2 N–H and O–H groups in total. The predicted octanol–water partition coefficient (Wildman–Crippen LogP) is 3.29. The van der Waals surface area contributed by atoms with Gasteiger partial charge in [-0.2, -0.15) is 0 Å². The molecular weight excluding hydrogens is 311 g/mol. The van der Waals surface area contributed by atoms with Crippen molar-refractivity contribution in [2.24, 2.45) is 11.8 Å². The molecule has 19 heavy (non-hydrogen) atoms. The van der Waals surface area contributed by atoms with Crippen LogP contribution in [0, 0.1) is 17.7 Å². The van der Waals surface area contributed by atoms with Gasteiger partial charge in [-0.15, -0.1) is 0 Å². The van der Waals surface area contributed by atoms with Gasteiger partial charge < -0.3 is 10.6 Å². The van der Waals surface area contributed by atoms with Crippen LogP contribution in [0.15, 0.2) is 16.6 Å². The topological polar surface area (TPSA) is 46.3 Å². The van der Waals surface area contributed by atoms with Gasteiger partial charge in [-0.05, 0) is 46.3 Å². The Morgan fingerprint density at radius 3 is 2.74 bits per heavy atom. The molecule has 0 radical (unpaired) electrons. The van der Waals surface area contributed by atoms with Gasteiger partial charge in [-0.1, -0.05) is 13.8 Å². The molecule has 1 aliphatic heterocycles. The summed E-state index contributed by atoms with van der Waals surface area (Å²) < 4.78 is 13.8. The summed E-state index contributed by atoms with van der Waals surface area (Å²) in [6, 6.07) is 2.66. The van der Waals surface area contributed by atoms with Crippen LogP contribution in [0.1, 0.15) is 30.6 Å². The first-order valence-electron chi connectivity index (χ1n) is 6.44. The zero-order valence-corrected chi connectivity index (χ0v) is 12.7. The quantitative estimate of drug-likeness (QED) is 0.804. The summed E-state index contributed by atoms with van der Waals surface area (Å²) in [6.45, 7) is 5.84. The molecule has 3 nitrogen and oxygen atoms in total. The number of hydrogen-bond acceptors (Lipinski definition) is 2. The fourth-order valence-electron chi connectivity index (χ4n) is 2.35. The van der Waals surface area contributed by atoms with Crippen LogP contribution in [0.25, 0.3) is 0 Å². The molecule has 1 amide bonds. The molecule has 0 spiro atoms. The van der Waals surface area contributed by atoms with Gasteiger partial charge in [0.25, 0.3) is 5.91 Å². The first-order valence-corrected chi connectivity index (χ1v) is 7.23. The van der Waals surface area contributed by atoms with E-state index in [-0.39, 0.29) is 11.6 Å². The van der Waals surface area contributed by atoms with Gasteiger partial charge in [0, 0.05) is 17.6 Å². The Balaban J connectivity index is 2.23. The zero-order valence-electron chi connectivity index (χ0n) is 11.1. The number of hydrogen-bond donors (Lipinski definition) is 1. The molecule has 1 fully saturated rings. The number of nitrogens with two attached hydrogens (primary N) is 1. The molecule has 2 atom stereocenters. The van der Waals surface area contributed by atoms with Crippen molar-refractivity contribution in [1.82, 2.24) is 4.90 Å². The van der Waals surface area contributed by atoms with Crippen LogP contribution in [-0.4, -0.2) is 23.9 Å². The monoisotopic (exact) mass is 328 g/mol. The van der Waals surface area contributed by atoms with E-state index in [9.17, 15) is 9.18 Å². The molecular formula is C14H18BrFN2O. The largest absolute Gasteiger partial charge is 0.396 e. The molecule has 1 aromatic rings. The van der Waals surface area contributed by atoms with Crippen LogP contribution in [-0.2, 0) is 0 Å². The molecule has 5 heteroatoms. The van der Waals surface area contributed by atoms with Crippen LogP contribution in [0.4, 0.5) is 10.1 Å². The molecule has 2 rings (SSSR count). The standard InChI is InChI=1S/C14H18BrFN2O/c1-8-3-4-18(7-9(8)2)14(19)10-5-13(17)12(16)6-11(10)15/h5-6,8-9H,3-4,7,17H2,1-2H3. The van der Waals surface area contributed by atoms with E-state index in [1.807, 2.05) is 4.90 Å². The summed E-state index contributed by atoms with van der Waals surface area (Å²) in [5.41, 5.74) is 5.98. The molecule has 0 bridgehead atoms. The summed E-state index contributed by atoms with van der Waals surface area (Å²) in [7, 11) is 0. The van der Waals surface area contributed by atoms with Crippen molar-refractivity contribution in [1.29, 1.82) is 0 Å². The number of carbonyl (C=O) groups is 1. The van der Waals surface area contributed by atoms with E-state index in [0.717, 1.165) is 19.5 Å². The first-order chi connectivity index (χ1) is 8.90. The Morgan fingerprint density at radius 2 is 2.11 bits per heavy atom. The van der Waals surface area contributed by atoms with E-state index in [0.29, 0.717) is 21.9 Å². The highest BCUT2D eigenvalue weighted by atomic mass is 79.9. The van der Waals surface area contributed by atoms with Gasteiger partial charge >= 0.3 is 0 Å². The van der Waals surface area contributed by atoms with E-state index in [2.05, 4.69) is 29.8 Å². The fraction of sp³-hybridized carbons (Fsp3) is 0.500. The minimum absolute atomic E-state index is 0.00461. The van der Waals surface area contributed by atoms with Gasteiger partial charge in [-0.25, -0.2) is 4.39 Å². The lowest BCUT2D eigenvalue weighted by atomic mass is 9.88. The number of likely N-dealkylation sites (tertiary alicyclic amines) is 1. The van der Waals surface area contributed by atoms with Crippen LogP contribution in [0.5, 0.6) is 0 Å². The summed E-state index contributed by atoms with van der Waals surface area (Å²) in [6.07, 6.45) is 1.00. The Bertz CT molecular complexity index is 506. The summed E-state index contributed by atoms with van der Waals surface area (Å²) >= 11 is 3.23. The second-order valence-electron chi connectivity index (χ2n) is 5.35. The highest BCUT2D eigenvalue weighted by molar-refractivity contribution is 9.10. The molecule has 2 unspecified atom stereocenters. The Hall–Kier alpha value is -1.10. The van der Waals surface area contributed by atoms with Crippen LogP contribution >= 0.6 is 15.9 Å². The van der Waals surface area contributed by atoms with Gasteiger partial charge in [0.1, 0.15) is 5.82 Å². The van der Waals surface area contributed by atoms with Crippen molar-refractivity contribution >= 4 is 27.5 Å². The maximum atomic E-state index is 13.3. The second-order valence-corrected chi connectivity index (χ2v) is 6.20. The van der Waals surface area contributed by atoms with Crippen molar-refractivity contribution < 1.29 is 9.18 Å². The van der Waals surface area contributed by atoms with E-state index < -0.39 is 5.82 Å².